The van der Waals surface area contributed by atoms with Crippen molar-refractivity contribution in [2.45, 2.75) is 12.7 Å². The summed E-state index contributed by atoms with van der Waals surface area (Å²) < 4.78 is 53.3. The molecular formula is C21H22F2N2O5. The largest absolute Gasteiger partial charge is 0.491 e. The van der Waals surface area contributed by atoms with Gasteiger partial charge in [0.05, 0.1) is 44.1 Å². The molecule has 30 heavy (non-hydrogen) atoms. The summed E-state index contributed by atoms with van der Waals surface area (Å²) in [6.07, 6.45) is 1.62. The maximum absolute atomic E-state index is 12.5. The number of rotatable bonds is 9. The van der Waals surface area contributed by atoms with E-state index >= 15 is 0 Å². The van der Waals surface area contributed by atoms with Crippen LogP contribution in [0.2, 0.25) is 0 Å². The summed E-state index contributed by atoms with van der Waals surface area (Å²) >= 11 is 0. The van der Waals surface area contributed by atoms with Crippen LogP contribution in [0, 0.1) is 0 Å². The molecule has 0 radical (unpaired) electrons. The molecule has 3 aromatic rings. The second-order valence-electron chi connectivity index (χ2n) is 6.63. The summed E-state index contributed by atoms with van der Waals surface area (Å²) in [6, 6.07) is 12.1. The van der Waals surface area contributed by atoms with Crippen LogP contribution in [0.3, 0.4) is 0 Å². The third kappa shape index (κ3) is 5.24. The molecule has 0 aliphatic carbocycles. The minimum absolute atomic E-state index is 0.0188. The van der Waals surface area contributed by atoms with Crippen LogP contribution in [0.4, 0.5) is 8.78 Å². The zero-order chi connectivity index (χ0) is 20.8. The number of ether oxygens (including phenoxy) is 5. The van der Waals surface area contributed by atoms with Gasteiger partial charge in [0, 0.05) is 11.8 Å². The Balaban J connectivity index is 1.32. The molecule has 9 heteroatoms. The van der Waals surface area contributed by atoms with Gasteiger partial charge in [-0.25, -0.2) is 4.98 Å². The number of aromatic nitrogens is 2. The number of hydrogen-bond acceptors (Lipinski definition) is 6. The van der Waals surface area contributed by atoms with Crippen molar-refractivity contribution in [1.82, 2.24) is 9.55 Å². The van der Waals surface area contributed by atoms with Gasteiger partial charge in [-0.05, 0) is 36.4 Å². The molecule has 160 valence electrons. The summed E-state index contributed by atoms with van der Waals surface area (Å²) in [4.78, 5) is 4.30. The lowest BCUT2D eigenvalue weighted by Crippen LogP contribution is -2.32. The van der Waals surface area contributed by atoms with E-state index in [2.05, 4.69) is 9.72 Å². The van der Waals surface area contributed by atoms with Crippen LogP contribution in [0.15, 0.2) is 48.8 Å². The highest BCUT2D eigenvalue weighted by molar-refractivity contribution is 5.79. The van der Waals surface area contributed by atoms with Crippen LogP contribution in [0.5, 0.6) is 11.5 Å². The third-order valence-electron chi connectivity index (χ3n) is 4.54. The summed E-state index contributed by atoms with van der Waals surface area (Å²) in [5, 5.41) is 0. The molecule has 4 rings (SSSR count). The number of benzene rings is 2. The smallest absolute Gasteiger partial charge is 0.387 e. The van der Waals surface area contributed by atoms with Gasteiger partial charge in [-0.1, -0.05) is 0 Å². The second-order valence-corrected chi connectivity index (χ2v) is 6.63. The van der Waals surface area contributed by atoms with Crippen molar-refractivity contribution in [1.29, 1.82) is 0 Å². The second kappa shape index (κ2) is 9.84. The van der Waals surface area contributed by atoms with Crippen molar-refractivity contribution in [3.8, 4) is 17.2 Å². The number of hydrogen-bond donors (Lipinski definition) is 0. The first-order valence-electron chi connectivity index (χ1n) is 9.61. The topological polar surface area (TPSA) is 64.0 Å². The standard InChI is InChI=1S/C21H22F2N2O5/c22-21(23)30-17-5-6-19-20(11-17)25(14-24-19)15-1-3-16(4-2-15)28-9-7-26-12-18-13-27-8-10-29-18/h1-6,11,14,18,21H,7-10,12-13H2/t18-/m0/s1. The van der Waals surface area contributed by atoms with E-state index in [1.165, 1.54) is 12.1 Å². The Morgan fingerprint density at radius 2 is 1.90 bits per heavy atom. The van der Waals surface area contributed by atoms with Crippen LogP contribution in [0.25, 0.3) is 16.7 Å². The van der Waals surface area contributed by atoms with Crippen molar-refractivity contribution >= 4 is 11.0 Å². The van der Waals surface area contributed by atoms with E-state index in [4.69, 9.17) is 18.9 Å². The Bertz CT molecular complexity index is 942. The van der Waals surface area contributed by atoms with Crippen molar-refractivity contribution in [2.24, 2.45) is 0 Å². The quantitative estimate of drug-likeness (QED) is 0.494. The highest BCUT2D eigenvalue weighted by atomic mass is 19.3. The van der Waals surface area contributed by atoms with Gasteiger partial charge in [-0.15, -0.1) is 0 Å². The Morgan fingerprint density at radius 1 is 1.07 bits per heavy atom. The fourth-order valence-electron chi connectivity index (χ4n) is 3.14. The summed E-state index contributed by atoms with van der Waals surface area (Å²) in [6.45, 7) is 0.255. The van der Waals surface area contributed by atoms with Crippen LogP contribution in [0.1, 0.15) is 0 Å². The lowest BCUT2D eigenvalue weighted by Gasteiger charge is -2.22. The Morgan fingerprint density at radius 3 is 2.67 bits per heavy atom. The fourth-order valence-corrected chi connectivity index (χ4v) is 3.14. The minimum atomic E-state index is -2.87. The van der Waals surface area contributed by atoms with E-state index in [-0.39, 0.29) is 11.9 Å². The average Bonchev–Trinajstić information content (AvgIpc) is 3.17. The molecule has 0 unspecified atom stereocenters. The number of imidazole rings is 1. The Labute approximate surface area is 172 Å². The Hall–Kier alpha value is -2.75. The highest BCUT2D eigenvalue weighted by Crippen LogP contribution is 2.25. The van der Waals surface area contributed by atoms with Crippen molar-refractivity contribution in [3.63, 3.8) is 0 Å². The van der Waals surface area contributed by atoms with Gasteiger partial charge in [0.25, 0.3) is 0 Å². The number of alkyl halides is 2. The molecule has 1 fully saturated rings. The van der Waals surface area contributed by atoms with E-state index in [0.717, 1.165) is 5.69 Å². The van der Waals surface area contributed by atoms with Gasteiger partial charge >= 0.3 is 6.61 Å². The van der Waals surface area contributed by atoms with Gasteiger partial charge in [-0.2, -0.15) is 8.78 Å². The molecule has 1 aliphatic heterocycles. The molecule has 0 spiro atoms. The monoisotopic (exact) mass is 420 g/mol. The van der Waals surface area contributed by atoms with Crippen molar-refractivity contribution < 1.29 is 32.5 Å². The summed E-state index contributed by atoms with van der Waals surface area (Å²) in [5.41, 5.74) is 2.18. The molecule has 2 heterocycles. The molecule has 1 atom stereocenters. The van der Waals surface area contributed by atoms with E-state index in [0.29, 0.717) is 56.4 Å². The molecule has 1 aromatic heterocycles. The Kier molecular flexibility index (Phi) is 6.73. The maximum atomic E-state index is 12.5. The maximum Gasteiger partial charge on any atom is 0.387 e. The predicted molar refractivity (Wildman–Crippen MR) is 105 cm³/mol. The first-order chi connectivity index (χ1) is 14.7. The third-order valence-corrected chi connectivity index (χ3v) is 4.54. The van der Waals surface area contributed by atoms with Crippen LogP contribution >= 0.6 is 0 Å². The van der Waals surface area contributed by atoms with Gasteiger partial charge in [0.15, 0.2) is 0 Å². The van der Waals surface area contributed by atoms with Crippen LogP contribution < -0.4 is 9.47 Å². The fraction of sp³-hybridized carbons (Fsp3) is 0.381. The normalized spacial score (nSPS) is 16.8. The van der Waals surface area contributed by atoms with Gasteiger partial charge in [0.1, 0.15) is 30.5 Å². The van der Waals surface area contributed by atoms with Crippen molar-refractivity contribution in [2.75, 3.05) is 39.6 Å². The molecule has 1 saturated heterocycles. The average molecular weight is 420 g/mol. The molecule has 0 N–H and O–H groups in total. The molecule has 0 amide bonds. The lowest BCUT2D eigenvalue weighted by atomic mass is 10.2. The van der Waals surface area contributed by atoms with Gasteiger partial charge in [0.2, 0.25) is 0 Å². The highest BCUT2D eigenvalue weighted by Gasteiger charge is 2.14. The molecule has 2 aromatic carbocycles. The molecule has 1 aliphatic rings. The van der Waals surface area contributed by atoms with E-state index in [9.17, 15) is 8.78 Å². The van der Waals surface area contributed by atoms with E-state index < -0.39 is 6.61 Å². The zero-order valence-corrected chi connectivity index (χ0v) is 16.2. The SMILES string of the molecule is FC(F)Oc1ccc2ncn(-c3ccc(OCCOC[C@H]4COCCO4)cc3)c2c1. The number of nitrogens with zero attached hydrogens (tertiary/aromatic N) is 2. The molecular weight excluding hydrogens is 398 g/mol. The van der Waals surface area contributed by atoms with Crippen molar-refractivity contribution in [3.05, 3.63) is 48.8 Å². The molecule has 0 saturated carbocycles. The van der Waals surface area contributed by atoms with Gasteiger partial charge < -0.3 is 23.7 Å². The summed E-state index contributed by atoms with van der Waals surface area (Å²) in [7, 11) is 0. The minimum Gasteiger partial charge on any atom is -0.491 e. The zero-order valence-electron chi connectivity index (χ0n) is 16.2. The molecule has 0 bridgehead atoms. The first kappa shape index (κ1) is 20.5. The predicted octanol–water partition coefficient (Wildman–Crippen LogP) is 3.44. The number of fused-ring (bicyclic) bond motifs is 1. The van der Waals surface area contributed by atoms with Crippen LogP contribution in [-0.4, -0.2) is 61.9 Å². The van der Waals surface area contributed by atoms with E-state index in [1.54, 1.807) is 17.0 Å². The van der Waals surface area contributed by atoms with Gasteiger partial charge in [-0.3, -0.25) is 4.57 Å². The lowest BCUT2D eigenvalue weighted by molar-refractivity contribution is -0.116. The number of halogens is 2. The van der Waals surface area contributed by atoms with Crippen LogP contribution in [-0.2, 0) is 14.2 Å². The first-order valence-corrected chi connectivity index (χ1v) is 9.61. The summed E-state index contributed by atoms with van der Waals surface area (Å²) in [5.74, 6) is 0.787. The van der Waals surface area contributed by atoms with E-state index in [1.807, 2.05) is 24.3 Å². The molecule has 7 nitrogen and oxygen atoms in total.